The Morgan fingerprint density at radius 3 is 1.75 bits per heavy atom. The lowest BCUT2D eigenvalue weighted by Gasteiger charge is -2.34. The predicted molar refractivity (Wildman–Crippen MR) is 54.8 cm³/mol. The maximum Gasteiger partial charge on any atom is -0.000559 e. The first-order valence-electron chi connectivity index (χ1n) is 5.17. The number of hydrogen-bond donors (Lipinski definition) is 1. The molecule has 1 aliphatic heterocycles. The molecule has 1 N–H and O–H groups in total. The van der Waals surface area contributed by atoms with Gasteiger partial charge in [0.15, 0.2) is 0 Å². The average Bonchev–Trinajstić information content (AvgIpc) is 2.12. The molecule has 0 radical (unpaired) electrons. The molecule has 0 amide bonds. The van der Waals surface area contributed by atoms with Gasteiger partial charge in [-0.25, -0.2) is 0 Å². The van der Waals surface area contributed by atoms with Crippen molar-refractivity contribution in [2.75, 3.05) is 13.1 Å². The predicted octanol–water partition coefficient (Wildman–Crippen LogP) is 2.60. The summed E-state index contributed by atoms with van der Waals surface area (Å²) in [6.45, 7) is 2.62. The Morgan fingerprint density at radius 2 is 1.33 bits per heavy atom. The van der Waals surface area contributed by atoms with Gasteiger partial charge >= 0.3 is 0 Å². The second-order valence-electron chi connectivity index (χ2n) is 4.17. The van der Waals surface area contributed by atoms with Crippen molar-refractivity contribution in [2.24, 2.45) is 11.8 Å². The van der Waals surface area contributed by atoms with E-state index in [4.69, 9.17) is 0 Å². The minimum atomic E-state index is 0. The van der Waals surface area contributed by atoms with Crippen molar-refractivity contribution >= 4 is 12.4 Å². The first kappa shape index (κ1) is 10.3. The van der Waals surface area contributed by atoms with Crippen LogP contribution >= 0.6 is 12.4 Å². The van der Waals surface area contributed by atoms with Crippen LogP contribution < -0.4 is 5.32 Å². The molecule has 1 nitrogen and oxygen atoms in total. The monoisotopic (exact) mass is 189 g/mol. The van der Waals surface area contributed by atoms with E-state index in [0.29, 0.717) is 0 Å². The van der Waals surface area contributed by atoms with Crippen molar-refractivity contribution in [3.63, 3.8) is 0 Å². The minimum Gasteiger partial charge on any atom is -0.316 e. The lowest BCUT2D eigenvalue weighted by molar-refractivity contribution is 0.213. The maximum atomic E-state index is 3.38. The van der Waals surface area contributed by atoms with Crippen LogP contribution in [0, 0.1) is 11.8 Å². The van der Waals surface area contributed by atoms with Crippen LogP contribution in [-0.4, -0.2) is 13.1 Å². The van der Waals surface area contributed by atoms with E-state index in [2.05, 4.69) is 5.32 Å². The summed E-state index contributed by atoms with van der Waals surface area (Å²) in [5.41, 5.74) is 0. The Balaban J connectivity index is 0.000000720. The van der Waals surface area contributed by atoms with Gasteiger partial charge < -0.3 is 5.32 Å². The van der Waals surface area contributed by atoms with Gasteiger partial charge in [-0.05, 0) is 24.9 Å². The highest BCUT2D eigenvalue weighted by molar-refractivity contribution is 5.85. The third kappa shape index (κ3) is 2.37. The van der Waals surface area contributed by atoms with Gasteiger partial charge in [0.25, 0.3) is 0 Å². The van der Waals surface area contributed by atoms with E-state index in [1.165, 1.54) is 51.6 Å². The topological polar surface area (TPSA) is 12.0 Å². The fourth-order valence-corrected chi connectivity index (χ4v) is 2.43. The molecule has 0 aromatic carbocycles. The second kappa shape index (κ2) is 5.08. The van der Waals surface area contributed by atoms with E-state index >= 15 is 0 Å². The van der Waals surface area contributed by atoms with Crippen molar-refractivity contribution in [3.05, 3.63) is 0 Å². The fraction of sp³-hybridized carbons (Fsp3) is 1.00. The molecular weight excluding hydrogens is 170 g/mol. The number of halogens is 1. The van der Waals surface area contributed by atoms with Crippen LogP contribution in [-0.2, 0) is 0 Å². The molecule has 0 aromatic heterocycles. The van der Waals surface area contributed by atoms with Crippen molar-refractivity contribution < 1.29 is 0 Å². The van der Waals surface area contributed by atoms with Crippen molar-refractivity contribution in [1.82, 2.24) is 5.32 Å². The molecule has 2 rings (SSSR count). The molecule has 0 bridgehead atoms. The van der Waals surface area contributed by atoms with Gasteiger partial charge in [-0.2, -0.15) is 0 Å². The number of hydrogen-bond acceptors (Lipinski definition) is 1. The summed E-state index contributed by atoms with van der Waals surface area (Å²) in [5, 5.41) is 3.38. The Kier molecular flexibility index (Phi) is 4.38. The summed E-state index contributed by atoms with van der Waals surface area (Å²) in [6.07, 6.45) is 9.04. The van der Waals surface area contributed by atoms with Crippen LogP contribution in [0.5, 0.6) is 0 Å². The van der Waals surface area contributed by atoms with Crippen molar-refractivity contribution in [2.45, 2.75) is 38.5 Å². The molecule has 2 heteroatoms. The van der Waals surface area contributed by atoms with Gasteiger partial charge in [0.2, 0.25) is 0 Å². The lowest BCUT2D eigenvalue weighted by Crippen LogP contribution is -2.46. The zero-order valence-electron chi connectivity index (χ0n) is 7.72. The third-order valence-electron chi connectivity index (χ3n) is 3.38. The van der Waals surface area contributed by atoms with Crippen LogP contribution in [0.3, 0.4) is 0 Å². The van der Waals surface area contributed by atoms with E-state index in [-0.39, 0.29) is 12.4 Å². The van der Waals surface area contributed by atoms with Gasteiger partial charge in [0.05, 0.1) is 0 Å². The van der Waals surface area contributed by atoms with Gasteiger partial charge in [-0.3, -0.25) is 0 Å². The Hall–Kier alpha value is 0.250. The third-order valence-corrected chi connectivity index (χ3v) is 3.38. The molecule has 1 heterocycles. The Morgan fingerprint density at radius 1 is 0.750 bits per heavy atom. The maximum absolute atomic E-state index is 3.38. The molecule has 0 aromatic rings. The van der Waals surface area contributed by atoms with Crippen LogP contribution in [0.1, 0.15) is 38.5 Å². The van der Waals surface area contributed by atoms with Gasteiger partial charge in [0, 0.05) is 0 Å². The number of rotatable bonds is 1. The van der Waals surface area contributed by atoms with Crippen LogP contribution in [0.4, 0.5) is 0 Å². The van der Waals surface area contributed by atoms with Gasteiger partial charge in [0.1, 0.15) is 0 Å². The fourth-order valence-electron chi connectivity index (χ4n) is 2.43. The second-order valence-corrected chi connectivity index (χ2v) is 4.17. The molecule has 12 heavy (non-hydrogen) atoms. The summed E-state index contributed by atoms with van der Waals surface area (Å²) < 4.78 is 0. The molecule has 0 atom stereocenters. The largest absolute Gasteiger partial charge is 0.316 e. The first-order valence-corrected chi connectivity index (χ1v) is 5.17. The average molecular weight is 190 g/mol. The lowest BCUT2D eigenvalue weighted by atomic mass is 9.82. The molecule has 72 valence electrons. The zero-order chi connectivity index (χ0) is 7.52. The number of nitrogens with one attached hydrogen (secondary N) is 1. The van der Waals surface area contributed by atoms with E-state index < -0.39 is 0 Å². The highest BCUT2D eigenvalue weighted by atomic mass is 35.5. The van der Waals surface area contributed by atoms with E-state index in [9.17, 15) is 0 Å². The first-order chi connectivity index (χ1) is 5.47. The van der Waals surface area contributed by atoms with Crippen molar-refractivity contribution in [1.29, 1.82) is 0 Å². The summed E-state index contributed by atoms with van der Waals surface area (Å²) in [4.78, 5) is 0. The molecular formula is C10H20ClN. The normalized spacial score (nSPS) is 27.0. The van der Waals surface area contributed by atoms with Crippen molar-refractivity contribution in [3.8, 4) is 0 Å². The highest BCUT2D eigenvalue weighted by Gasteiger charge is 2.26. The van der Waals surface area contributed by atoms with Crippen LogP contribution in [0.2, 0.25) is 0 Å². The Bertz CT molecular complexity index is 115. The van der Waals surface area contributed by atoms with E-state index in [1.54, 1.807) is 0 Å². The molecule has 2 fully saturated rings. The van der Waals surface area contributed by atoms with E-state index in [0.717, 1.165) is 11.8 Å². The van der Waals surface area contributed by atoms with Crippen LogP contribution in [0.25, 0.3) is 0 Å². The smallest absolute Gasteiger partial charge is 0.000559 e. The molecule has 2 aliphatic rings. The SMILES string of the molecule is C1CCCC(C2CNC2)CC1.Cl. The van der Waals surface area contributed by atoms with Crippen LogP contribution in [0.15, 0.2) is 0 Å². The summed E-state index contributed by atoms with van der Waals surface area (Å²) >= 11 is 0. The van der Waals surface area contributed by atoms with Gasteiger partial charge in [-0.1, -0.05) is 38.5 Å². The van der Waals surface area contributed by atoms with Gasteiger partial charge in [-0.15, -0.1) is 12.4 Å². The molecule has 1 aliphatic carbocycles. The molecule has 1 saturated heterocycles. The minimum absolute atomic E-state index is 0. The quantitative estimate of drug-likeness (QED) is 0.626. The summed E-state index contributed by atoms with van der Waals surface area (Å²) in [7, 11) is 0. The summed E-state index contributed by atoms with van der Waals surface area (Å²) in [5.74, 6) is 2.13. The zero-order valence-corrected chi connectivity index (χ0v) is 8.54. The summed E-state index contributed by atoms with van der Waals surface area (Å²) in [6, 6.07) is 0. The molecule has 0 spiro atoms. The molecule has 0 unspecified atom stereocenters. The standard InChI is InChI=1S/C10H19N.ClH/c1-2-4-6-9(5-3-1)10-7-11-8-10;/h9-11H,1-8H2;1H. The molecule has 1 saturated carbocycles. The van der Waals surface area contributed by atoms with E-state index in [1.807, 2.05) is 0 Å². The highest BCUT2D eigenvalue weighted by Crippen LogP contribution is 2.30. The Labute approximate surface area is 81.7 Å².